The molecule has 1 aliphatic carbocycles. The Morgan fingerprint density at radius 3 is 2.26 bits per heavy atom. The van der Waals surface area contributed by atoms with Gasteiger partial charge in [0.1, 0.15) is 11.5 Å². The van der Waals surface area contributed by atoms with Crippen molar-refractivity contribution < 1.29 is 27.1 Å². The minimum atomic E-state index is -4.52. The number of hydrogen-bond acceptors (Lipinski definition) is 2. The highest BCUT2D eigenvalue weighted by Gasteiger charge is 2.43. The van der Waals surface area contributed by atoms with Crippen LogP contribution in [-0.4, -0.2) is 18.3 Å². The van der Waals surface area contributed by atoms with E-state index in [-0.39, 0.29) is 23.9 Å². The van der Waals surface area contributed by atoms with Gasteiger partial charge in [-0.1, -0.05) is 31.9 Å². The summed E-state index contributed by atoms with van der Waals surface area (Å²) in [4.78, 5) is 12.2. The van der Waals surface area contributed by atoms with E-state index in [0.717, 1.165) is 25.7 Å². The molecule has 2 rings (SSSR count). The zero-order valence-corrected chi connectivity index (χ0v) is 12.9. The monoisotopic (exact) mass is 332 g/mol. The van der Waals surface area contributed by atoms with E-state index in [1.807, 2.05) is 0 Å². The van der Waals surface area contributed by atoms with Crippen molar-refractivity contribution in [3.8, 4) is 5.75 Å². The van der Waals surface area contributed by atoms with E-state index in [1.54, 1.807) is 0 Å². The molecule has 0 amide bonds. The Morgan fingerprint density at radius 2 is 1.74 bits per heavy atom. The van der Waals surface area contributed by atoms with Crippen LogP contribution in [0.5, 0.6) is 5.75 Å². The average Bonchev–Trinajstić information content (AvgIpc) is 2.49. The van der Waals surface area contributed by atoms with Gasteiger partial charge >= 0.3 is 12.5 Å². The molecule has 0 heterocycles. The number of halogens is 4. The van der Waals surface area contributed by atoms with Gasteiger partial charge < -0.3 is 4.74 Å². The van der Waals surface area contributed by atoms with Crippen LogP contribution >= 0.6 is 0 Å². The van der Waals surface area contributed by atoms with Gasteiger partial charge in [0.2, 0.25) is 0 Å². The smallest absolute Gasteiger partial charge is 0.428 e. The van der Waals surface area contributed by atoms with Crippen LogP contribution in [0.15, 0.2) is 24.3 Å². The Bertz CT molecular complexity index is 520. The summed E-state index contributed by atoms with van der Waals surface area (Å²) < 4.78 is 53.7. The SMILES string of the molecule is CC1CCC(C(=O)Cc2ccc(OC(F)(F)C(F)F)cc2)CC1. The van der Waals surface area contributed by atoms with Crippen LogP contribution in [0.1, 0.15) is 38.2 Å². The van der Waals surface area contributed by atoms with E-state index < -0.39 is 12.5 Å². The van der Waals surface area contributed by atoms with E-state index in [9.17, 15) is 22.4 Å². The fraction of sp³-hybridized carbons (Fsp3) is 0.588. The van der Waals surface area contributed by atoms with Crippen molar-refractivity contribution in [2.45, 2.75) is 51.6 Å². The molecule has 0 spiro atoms. The highest BCUT2D eigenvalue weighted by molar-refractivity contribution is 5.83. The summed E-state index contributed by atoms with van der Waals surface area (Å²) >= 11 is 0. The Labute approximate surface area is 132 Å². The van der Waals surface area contributed by atoms with Crippen molar-refractivity contribution in [2.75, 3.05) is 0 Å². The molecule has 1 saturated carbocycles. The Kier molecular flexibility index (Phi) is 5.65. The highest BCUT2D eigenvalue weighted by atomic mass is 19.3. The molecule has 0 saturated heterocycles. The lowest BCUT2D eigenvalue weighted by atomic mass is 9.80. The lowest BCUT2D eigenvalue weighted by molar-refractivity contribution is -0.253. The minimum absolute atomic E-state index is 0.0605. The maximum atomic E-state index is 12.8. The van der Waals surface area contributed by atoms with Crippen molar-refractivity contribution in [1.29, 1.82) is 0 Å². The van der Waals surface area contributed by atoms with Crippen LogP contribution in [0.3, 0.4) is 0 Å². The number of benzene rings is 1. The van der Waals surface area contributed by atoms with Crippen molar-refractivity contribution in [3.63, 3.8) is 0 Å². The number of carbonyl (C=O) groups is 1. The molecule has 1 aliphatic rings. The Hall–Kier alpha value is -1.59. The van der Waals surface area contributed by atoms with Crippen molar-refractivity contribution in [1.82, 2.24) is 0 Å². The first-order valence-corrected chi connectivity index (χ1v) is 7.74. The molecular weight excluding hydrogens is 312 g/mol. The molecule has 0 radical (unpaired) electrons. The quantitative estimate of drug-likeness (QED) is 0.695. The fourth-order valence-corrected chi connectivity index (χ4v) is 2.80. The van der Waals surface area contributed by atoms with Gasteiger partial charge in [-0.15, -0.1) is 0 Å². The van der Waals surface area contributed by atoms with Gasteiger partial charge in [-0.3, -0.25) is 4.79 Å². The number of rotatable bonds is 6. The van der Waals surface area contributed by atoms with Gasteiger partial charge in [-0.2, -0.15) is 17.6 Å². The van der Waals surface area contributed by atoms with E-state index >= 15 is 0 Å². The predicted octanol–water partition coefficient (Wildman–Crippen LogP) is 4.86. The topological polar surface area (TPSA) is 26.3 Å². The summed E-state index contributed by atoms with van der Waals surface area (Å²) in [5.41, 5.74) is 0.668. The van der Waals surface area contributed by atoms with Gasteiger partial charge in [0.05, 0.1) is 0 Å². The molecule has 1 aromatic carbocycles. The van der Waals surface area contributed by atoms with Crippen molar-refractivity contribution >= 4 is 5.78 Å². The molecule has 1 fully saturated rings. The van der Waals surface area contributed by atoms with Crippen LogP contribution in [0.4, 0.5) is 17.6 Å². The third kappa shape index (κ3) is 4.94. The number of carbonyl (C=O) groups excluding carboxylic acids is 1. The molecule has 0 bridgehead atoms. The molecule has 0 unspecified atom stereocenters. The average molecular weight is 332 g/mol. The lowest BCUT2D eigenvalue weighted by Crippen LogP contribution is -2.33. The molecule has 23 heavy (non-hydrogen) atoms. The van der Waals surface area contributed by atoms with E-state index in [1.165, 1.54) is 24.3 Å². The molecule has 0 aliphatic heterocycles. The molecule has 2 nitrogen and oxygen atoms in total. The van der Waals surface area contributed by atoms with Crippen LogP contribution in [0.2, 0.25) is 0 Å². The third-order valence-corrected chi connectivity index (χ3v) is 4.28. The normalized spacial score (nSPS) is 22.2. The second-order valence-corrected chi connectivity index (χ2v) is 6.21. The molecule has 1 aromatic rings. The molecular formula is C17H20F4O2. The summed E-state index contributed by atoms with van der Waals surface area (Å²) in [7, 11) is 0. The summed E-state index contributed by atoms with van der Waals surface area (Å²) in [5, 5.41) is 0. The first-order valence-electron chi connectivity index (χ1n) is 7.74. The standard InChI is InChI=1S/C17H20F4O2/c1-11-2-6-13(7-3-11)15(22)10-12-4-8-14(9-5-12)23-17(20,21)16(18)19/h4-5,8-9,11,13,16H,2-3,6-7,10H2,1H3. The third-order valence-electron chi connectivity index (χ3n) is 4.28. The Balaban J connectivity index is 1.91. The number of ether oxygens (including phenoxy) is 1. The summed E-state index contributed by atoms with van der Waals surface area (Å²) in [6.07, 6.45) is -4.31. The van der Waals surface area contributed by atoms with Crippen LogP contribution in [-0.2, 0) is 11.2 Å². The number of Topliss-reactive ketones (excluding diaryl/α,β-unsaturated/α-hetero) is 1. The zero-order chi connectivity index (χ0) is 17.0. The van der Waals surface area contributed by atoms with E-state index in [2.05, 4.69) is 11.7 Å². The van der Waals surface area contributed by atoms with Gasteiger partial charge in [0.15, 0.2) is 0 Å². The fourth-order valence-electron chi connectivity index (χ4n) is 2.80. The summed E-state index contributed by atoms with van der Waals surface area (Å²) in [6, 6.07) is 5.28. The van der Waals surface area contributed by atoms with Gasteiger partial charge in [-0.05, 0) is 36.5 Å². The van der Waals surface area contributed by atoms with Gasteiger partial charge in [0.25, 0.3) is 0 Å². The van der Waals surface area contributed by atoms with Crippen LogP contribution in [0.25, 0.3) is 0 Å². The number of ketones is 1. The van der Waals surface area contributed by atoms with Crippen LogP contribution < -0.4 is 4.74 Å². The van der Waals surface area contributed by atoms with Crippen LogP contribution in [0, 0.1) is 11.8 Å². The van der Waals surface area contributed by atoms with E-state index in [0.29, 0.717) is 11.5 Å². The van der Waals surface area contributed by atoms with Crippen molar-refractivity contribution in [2.24, 2.45) is 11.8 Å². The summed E-state index contributed by atoms with van der Waals surface area (Å²) in [5.74, 6) is 0.513. The highest BCUT2D eigenvalue weighted by Crippen LogP contribution is 2.30. The number of hydrogen-bond donors (Lipinski definition) is 0. The lowest BCUT2D eigenvalue weighted by Gasteiger charge is -2.25. The first kappa shape index (κ1) is 17.8. The minimum Gasteiger partial charge on any atom is -0.428 e. The number of alkyl halides is 4. The maximum absolute atomic E-state index is 12.8. The largest absolute Gasteiger partial charge is 0.461 e. The molecule has 128 valence electrons. The van der Waals surface area contributed by atoms with Gasteiger partial charge in [0, 0.05) is 12.3 Å². The maximum Gasteiger partial charge on any atom is 0.461 e. The molecule has 6 heteroatoms. The zero-order valence-electron chi connectivity index (χ0n) is 12.9. The molecule has 0 aromatic heterocycles. The molecule has 0 N–H and O–H groups in total. The van der Waals surface area contributed by atoms with Gasteiger partial charge in [-0.25, -0.2) is 0 Å². The second-order valence-electron chi connectivity index (χ2n) is 6.21. The van der Waals surface area contributed by atoms with E-state index in [4.69, 9.17) is 0 Å². The summed E-state index contributed by atoms with van der Waals surface area (Å²) in [6.45, 7) is 2.18. The second kappa shape index (κ2) is 7.32. The Morgan fingerprint density at radius 1 is 1.17 bits per heavy atom. The van der Waals surface area contributed by atoms with Crippen molar-refractivity contribution in [3.05, 3.63) is 29.8 Å². The molecule has 0 atom stereocenters. The first-order chi connectivity index (χ1) is 10.8. The predicted molar refractivity (Wildman–Crippen MR) is 77.9 cm³/mol.